The highest BCUT2D eigenvalue weighted by molar-refractivity contribution is 6.35. The molecule has 0 saturated heterocycles. The molecule has 2 heterocycles. The van der Waals surface area contributed by atoms with Crippen LogP contribution in [0.1, 0.15) is 31.6 Å². The Morgan fingerprint density at radius 2 is 2.21 bits per heavy atom. The second-order valence-corrected chi connectivity index (χ2v) is 5.01. The molecule has 0 saturated carbocycles. The van der Waals surface area contributed by atoms with E-state index in [2.05, 4.69) is 22.0 Å². The number of hydrogen-bond acceptors (Lipinski definition) is 5. The Morgan fingerprint density at radius 3 is 2.84 bits per heavy atom. The molecule has 0 aromatic carbocycles. The number of pyridine rings is 1. The smallest absolute Gasteiger partial charge is 0.231 e. The largest absolute Gasteiger partial charge is 0.339 e. The molecule has 2 N–H and O–H groups in total. The van der Waals surface area contributed by atoms with Crippen molar-refractivity contribution in [2.45, 2.75) is 25.7 Å². The molecule has 5 nitrogen and oxygen atoms in total. The lowest BCUT2D eigenvalue weighted by Gasteiger charge is -2.06. The molecule has 0 aliphatic heterocycles. The van der Waals surface area contributed by atoms with Gasteiger partial charge in [-0.05, 0) is 12.5 Å². The van der Waals surface area contributed by atoms with Gasteiger partial charge in [-0.1, -0.05) is 41.7 Å². The zero-order valence-electron chi connectivity index (χ0n) is 10.4. The summed E-state index contributed by atoms with van der Waals surface area (Å²) >= 11 is 11.9. The Balaban J connectivity index is 2.29. The maximum Gasteiger partial charge on any atom is 0.231 e. The fourth-order valence-electron chi connectivity index (χ4n) is 1.77. The molecule has 0 spiro atoms. The summed E-state index contributed by atoms with van der Waals surface area (Å²) in [6.45, 7) is 2.55. The van der Waals surface area contributed by atoms with Crippen molar-refractivity contribution in [1.29, 1.82) is 0 Å². The quantitative estimate of drug-likeness (QED) is 0.917. The highest BCUT2D eigenvalue weighted by atomic mass is 35.5. The predicted octanol–water partition coefficient (Wildman–Crippen LogP) is 3.28. The Hall–Kier alpha value is -1.17. The first-order valence-electron chi connectivity index (χ1n) is 6.00. The highest BCUT2D eigenvalue weighted by Gasteiger charge is 2.19. The van der Waals surface area contributed by atoms with Crippen molar-refractivity contribution in [3.63, 3.8) is 0 Å². The van der Waals surface area contributed by atoms with Crippen LogP contribution in [0.5, 0.6) is 0 Å². The summed E-state index contributed by atoms with van der Waals surface area (Å²) in [7, 11) is 0. The van der Waals surface area contributed by atoms with E-state index in [1.165, 1.54) is 6.20 Å². The van der Waals surface area contributed by atoms with Gasteiger partial charge in [0.05, 0.1) is 16.0 Å². The van der Waals surface area contributed by atoms with Gasteiger partial charge in [-0.3, -0.25) is 0 Å². The monoisotopic (exact) mass is 300 g/mol. The molecule has 0 bridgehead atoms. The van der Waals surface area contributed by atoms with Gasteiger partial charge in [-0.15, -0.1) is 0 Å². The minimum atomic E-state index is 0.0670. The summed E-state index contributed by atoms with van der Waals surface area (Å²) in [5, 5.41) is 4.75. The molecule has 1 atom stereocenters. The molecule has 2 aromatic rings. The third kappa shape index (κ3) is 3.23. The second-order valence-electron chi connectivity index (χ2n) is 4.16. The van der Waals surface area contributed by atoms with Gasteiger partial charge in [-0.2, -0.15) is 4.98 Å². The molecule has 102 valence electrons. The molecule has 19 heavy (non-hydrogen) atoms. The molecular formula is C12H14Cl2N4O. The Bertz CT molecular complexity index is 558. The molecule has 0 amide bonds. The summed E-state index contributed by atoms with van der Waals surface area (Å²) < 4.78 is 5.24. The average molecular weight is 301 g/mol. The lowest BCUT2D eigenvalue weighted by Crippen LogP contribution is -2.12. The van der Waals surface area contributed by atoms with Crippen molar-refractivity contribution in [2.75, 3.05) is 6.54 Å². The third-order valence-corrected chi connectivity index (χ3v) is 3.23. The van der Waals surface area contributed by atoms with Crippen molar-refractivity contribution in [3.8, 4) is 11.5 Å². The predicted molar refractivity (Wildman–Crippen MR) is 74.3 cm³/mol. The molecule has 0 fully saturated rings. The standard InChI is InChI=1S/C12H14Cl2N4O/c1-2-3-7(5-15)12-17-11(18-19-12)10-9(14)4-8(13)6-16-10/h4,6-7H,2-3,5,15H2,1H3. The van der Waals surface area contributed by atoms with Crippen LogP contribution in [-0.4, -0.2) is 21.7 Å². The number of rotatable bonds is 5. The van der Waals surface area contributed by atoms with Crippen LogP contribution >= 0.6 is 23.2 Å². The molecule has 2 rings (SSSR count). The lowest BCUT2D eigenvalue weighted by molar-refractivity contribution is 0.347. The Labute approximate surface area is 121 Å². The van der Waals surface area contributed by atoms with Gasteiger partial charge in [-0.25, -0.2) is 4.98 Å². The van der Waals surface area contributed by atoms with E-state index >= 15 is 0 Å². The van der Waals surface area contributed by atoms with Crippen LogP contribution in [0.25, 0.3) is 11.5 Å². The van der Waals surface area contributed by atoms with Crippen molar-refractivity contribution in [2.24, 2.45) is 5.73 Å². The maximum absolute atomic E-state index is 6.05. The molecule has 0 aliphatic carbocycles. The SMILES string of the molecule is CCCC(CN)c1nc(-c2ncc(Cl)cc2Cl)no1. The van der Waals surface area contributed by atoms with Crippen LogP contribution < -0.4 is 5.73 Å². The summed E-state index contributed by atoms with van der Waals surface area (Å²) in [6.07, 6.45) is 3.39. The van der Waals surface area contributed by atoms with Gasteiger partial charge >= 0.3 is 0 Å². The van der Waals surface area contributed by atoms with Crippen LogP contribution in [-0.2, 0) is 0 Å². The maximum atomic E-state index is 6.05. The molecule has 0 aliphatic rings. The molecule has 1 unspecified atom stereocenters. The van der Waals surface area contributed by atoms with Gasteiger partial charge < -0.3 is 10.3 Å². The van der Waals surface area contributed by atoms with Gasteiger partial charge in [0.1, 0.15) is 5.69 Å². The van der Waals surface area contributed by atoms with E-state index in [0.29, 0.717) is 34.0 Å². The van der Waals surface area contributed by atoms with Crippen LogP contribution in [0, 0.1) is 0 Å². The zero-order valence-corrected chi connectivity index (χ0v) is 11.9. The highest BCUT2D eigenvalue weighted by Crippen LogP contribution is 2.27. The molecular weight excluding hydrogens is 287 g/mol. The normalized spacial score (nSPS) is 12.6. The fraction of sp³-hybridized carbons (Fsp3) is 0.417. The van der Waals surface area contributed by atoms with E-state index in [-0.39, 0.29) is 5.92 Å². The first-order valence-corrected chi connectivity index (χ1v) is 6.76. The van der Waals surface area contributed by atoms with Gasteiger partial charge in [0.2, 0.25) is 11.7 Å². The summed E-state index contributed by atoms with van der Waals surface area (Å²) in [4.78, 5) is 8.43. The van der Waals surface area contributed by atoms with Gasteiger partial charge in [0.25, 0.3) is 0 Å². The molecule has 0 radical (unpaired) electrons. The second kappa shape index (κ2) is 6.32. The molecule has 7 heteroatoms. The Morgan fingerprint density at radius 1 is 1.42 bits per heavy atom. The van der Waals surface area contributed by atoms with Crippen molar-refractivity contribution >= 4 is 23.2 Å². The van der Waals surface area contributed by atoms with E-state index in [0.717, 1.165) is 12.8 Å². The van der Waals surface area contributed by atoms with E-state index in [9.17, 15) is 0 Å². The van der Waals surface area contributed by atoms with E-state index < -0.39 is 0 Å². The first-order chi connectivity index (χ1) is 9.15. The number of hydrogen-bond donors (Lipinski definition) is 1. The number of halogens is 2. The Kier molecular flexibility index (Phi) is 4.74. The van der Waals surface area contributed by atoms with Crippen LogP contribution in [0.15, 0.2) is 16.8 Å². The van der Waals surface area contributed by atoms with E-state index in [1.54, 1.807) is 6.07 Å². The fourth-order valence-corrected chi connectivity index (χ4v) is 2.23. The van der Waals surface area contributed by atoms with Gasteiger partial charge in [0, 0.05) is 12.7 Å². The summed E-state index contributed by atoms with van der Waals surface area (Å²) in [6, 6.07) is 1.59. The number of aromatic nitrogens is 3. The average Bonchev–Trinajstić information content (AvgIpc) is 2.85. The van der Waals surface area contributed by atoms with Crippen LogP contribution in [0.2, 0.25) is 10.0 Å². The van der Waals surface area contributed by atoms with Crippen LogP contribution in [0.3, 0.4) is 0 Å². The number of nitrogens with zero attached hydrogens (tertiary/aromatic N) is 3. The summed E-state index contributed by atoms with van der Waals surface area (Å²) in [5.74, 6) is 0.940. The van der Waals surface area contributed by atoms with E-state index in [4.69, 9.17) is 33.5 Å². The van der Waals surface area contributed by atoms with Crippen molar-refractivity contribution in [3.05, 3.63) is 28.2 Å². The first kappa shape index (κ1) is 14.2. The zero-order chi connectivity index (χ0) is 13.8. The van der Waals surface area contributed by atoms with Gasteiger partial charge in [0.15, 0.2) is 0 Å². The minimum absolute atomic E-state index is 0.0670. The number of nitrogens with two attached hydrogens (primary N) is 1. The van der Waals surface area contributed by atoms with E-state index in [1.807, 2.05) is 0 Å². The topological polar surface area (TPSA) is 77.8 Å². The lowest BCUT2D eigenvalue weighted by atomic mass is 10.0. The third-order valence-electron chi connectivity index (χ3n) is 2.73. The minimum Gasteiger partial charge on any atom is -0.339 e. The van der Waals surface area contributed by atoms with Crippen molar-refractivity contribution < 1.29 is 4.52 Å². The molecule has 2 aromatic heterocycles. The van der Waals surface area contributed by atoms with Crippen molar-refractivity contribution in [1.82, 2.24) is 15.1 Å². The summed E-state index contributed by atoms with van der Waals surface area (Å²) in [5.41, 5.74) is 6.15. The van der Waals surface area contributed by atoms with Crippen LogP contribution in [0.4, 0.5) is 0 Å².